The molecule has 14 heteroatoms. The summed E-state index contributed by atoms with van der Waals surface area (Å²) in [5.41, 5.74) is 6.12. The van der Waals surface area contributed by atoms with E-state index in [4.69, 9.17) is 5.73 Å². The molecule has 5 rings (SSSR count). The lowest BCUT2D eigenvalue weighted by Crippen LogP contribution is -2.24. The number of hydrogen-bond acceptors (Lipinski definition) is 8. The topological polar surface area (TPSA) is 130 Å². The van der Waals surface area contributed by atoms with Gasteiger partial charge in [0.15, 0.2) is 12.0 Å². The molecule has 1 aromatic carbocycles. The van der Waals surface area contributed by atoms with Crippen molar-refractivity contribution in [1.29, 1.82) is 0 Å². The van der Waals surface area contributed by atoms with Crippen molar-refractivity contribution >= 4 is 11.6 Å². The number of aromatic nitrogens is 7. The fraction of sp³-hybridized carbons (Fsp3) is 0.100. The van der Waals surface area contributed by atoms with Crippen LogP contribution >= 0.6 is 0 Å². The predicted molar refractivity (Wildman–Crippen MR) is 109 cm³/mol. The first kappa shape index (κ1) is 21.2. The second-order valence-electron chi connectivity index (χ2n) is 7.06. The molecule has 0 fully saturated rings. The number of anilines is 1. The van der Waals surface area contributed by atoms with Gasteiger partial charge in [0.2, 0.25) is 11.7 Å². The van der Waals surface area contributed by atoms with Gasteiger partial charge in [0.25, 0.3) is 0 Å². The summed E-state index contributed by atoms with van der Waals surface area (Å²) in [6, 6.07) is 6.95. The molecule has 5 aromatic rings. The zero-order valence-corrected chi connectivity index (χ0v) is 16.9. The van der Waals surface area contributed by atoms with Gasteiger partial charge in [-0.1, -0.05) is 0 Å². The Kier molecular flexibility index (Phi) is 4.84. The van der Waals surface area contributed by atoms with E-state index in [2.05, 4.69) is 29.7 Å². The monoisotopic (exact) mass is 472 g/mol. The number of halogens is 4. The first-order chi connectivity index (χ1) is 16.2. The summed E-state index contributed by atoms with van der Waals surface area (Å²) in [7, 11) is 0. The van der Waals surface area contributed by atoms with Crippen LogP contribution in [0.2, 0.25) is 0 Å². The van der Waals surface area contributed by atoms with Crippen molar-refractivity contribution in [3.8, 4) is 22.4 Å². The van der Waals surface area contributed by atoms with Crippen molar-refractivity contribution in [2.24, 2.45) is 0 Å². The predicted octanol–water partition coefficient (Wildman–Crippen LogP) is 2.79. The van der Waals surface area contributed by atoms with Crippen molar-refractivity contribution in [3.05, 3.63) is 76.9 Å². The fourth-order valence-corrected chi connectivity index (χ4v) is 3.48. The number of nitrogen functional groups attached to an aromatic ring is 1. The Morgan fingerprint density at radius 2 is 1.82 bits per heavy atom. The lowest BCUT2D eigenvalue weighted by Gasteiger charge is -2.11. The first-order valence-corrected chi connectivity index (χ1v) is 9.55. The second-order valence-corrected chi connectivity index (χ2v) is 7.06. The third kappa shape index (κ3) is 3.54. The molecule has 0 atom stereocenters. The van der Waals surface area contributed by atoms with Crippen LogP contribution in [-0.4, -0.2) is 34.3 Å². The quantitative estimate of drug-likeness (QED) is 0.395. The standard InChI is InChI=1S/C20H12F4N8O2/c21-12-3-1-10(2-4-12)15-14(11-5-6-27-28-7-11)17-30-31(19(33)32(17)18(25)29-15)8-13-16(20(22,23)24)34-9-26-13/h1-7,9H,8H2,(H2,25,29). The van der Waals surface area contributed by atoms with Gasteiger partial charge in [-0.15, -0.1) is 5.10 Å². The van der Waals surface area contributed by atoms with Crippen molar-refractivity contribution in [2.45, 2.75) is 12.7 Å². The van der Waals surface area contributed by atoms with E-state index in [1.807, 2.05) is 0 Å². The lowest BCUT2D eigenvalue weighted by atomic mass is 10.0. The highest BCUT2D eigenvalue weighted by Gasteiger charge is 2.38. The van der Waals surface area contributed by atoms with Crippen LogP contribution < -0.4 is 11.4 Å². The van der Waals surface area contributed by atoms with Gasteiger partial charge in [-0.3, -0.25) is 0 Å². The molecule has 0 aliphatic carbocycles. The Labute approximate surface area is 186 Å². The van der Waals surface area contributed by atoms with Gasteiger partial charge in [0.05, 0.1) is 30.2 Å². The van der Waals surface area contributed by atoms with Crippen molar-refractivity contribution < 1.29 is 22.0 Å². The molecule has 0 bridgehead atoms. The van der Waals surface area contributed by atoms with Crippen LogP contribution in [0.25, 0.3) is 28.0 Å². The Morgan fingerprint density at radius 3 is 2.50 bits per heavy atom. The molecule has 0 saturated carbocycles. The van der Waals surface area contributed by atoms with E-state index in [1.54, 1.807) is 6.07 Å². The molecule has 4 heterocycles. The lowest BCUT2D eigenvalue weighted by molar-refractivity contribution is -0.153. The molecule has 2 N–H and O–H groups in total. The van der Waals surface area contributed by atoms with Gasteiger partial charge in [0.1, 0.15) is 11.5 Å². The Balaban J connectivity index is 1.76. The molecule has 0 aliphatic heterocycles. The van der Waals surface area contributed by atoms with E-state index >= 15 is 0 Å². The SMILES string of the molecule is Nc1nc(-c2ccc(F)cc2)c(-c2ccnnc2)c2nn(Cc3ncoc3C(F)(F)F)c(=O)n12. The zero-order valence-electron chi connectivity index (χ0n) is 16.9. The number of oxazole rings is 1. The van der Waals surface area contributed by atoms with E-state index in [9.17, 15) is 22.4 Å². The third-order valence-electron chi connectivity index (χ3n) is 4.94. The average Bonchev–Trinajstić information content (AvgIpc) is 3.40. The number of benzene rings is 1. The molecule has 0 radical (unpaired) electrons. The Bertz CT molecular complexity index is 1560. The van der Waals surface area contributed by atoms with Gasteiger partial charge >= 0.3 is 11.9 Å². The van der Waals surface area contributed by atoms with Crippen LogP contribution in [0.4, 0.5) is 23.5 Å². The van der Waals surface area contributed by atoms with E-state index in [0.717, 1.165) is 9.08 Å². The van der Waals surface area contributed by atoms with E-state index in [1.165, 1.54) is 36.7 Å². The normalized spacial score (nSPS) is 11.9. The minimum Gasteiger partial charge on any atom is -0.439 e. The van der Waals surface area contributed by atoms with Gasteiger partial charge in [0, 0.05) is 11.1 Å². The molecular formula is C20H12F4N8O2. The summed E-state index contributed by atoms with van der Waals surface area (Å²) < 4.78 is 59.2. The molecule has 34 heavy (non-hydrogen) atoms. The molecule has 172 valence electrons. The Hall–Kier alpha value is -4.62. The molecule has 4 aromatic heterocycles. The van der Waals surface area contributed by atoms with Crippen molar-refractivity contribution in [1.82, 2.24) is 34.3 Å². The smallest absolute Gasteiger partial charge is 0.439 e. The molecule has 10 nitrogen and oxygen atoms in total. The fourth-order valence-electron chi connectivity index (χ4n) is 3.48. The number of alkyl halides is 3. The van der Waals surface area contributed by atoms with E-state index < -0.39 is 35.7 Å². The highest BCUT2D eigenvalue weighted by Crippen LogP contribution is 2.34. The van der Waals surface area contributed by atoms with Crippen LogP contribution in [-0.2, 0) is 12.7 Å². The largest absolute Gasteiger partial charge is 0.451 e. The summed E-state index contributed by atoms with van der Waals surface area (Å²) in [6.07, 6.45) is -1.38. The average molecular weight is 472 g/mol. The Morgan fingerprint density at radius 1 is 1.06 bits per heavy atom. The summed E-state index contributed by atoms with van der Waals surface area (Å²) >= 11 is 0. The molecule has 0 aliphatic rings. The first-order valence-electron chi connectivity index (χ1n) is 9.55. The number of nitrogens with zero attached hydrogens (tertiary/aromatic N) is 7. The maximum absolute atomic E-state index is 13.5. The summed E-state index contributed by atoms with van der Waals surface area (Å²) in [4.78, 5) is 20.9. The molecule has 0 saturated heterocycles. The minimum atomic E-state index is -4.81. The van der Waals surface area contributed by atoms with Crippen molar-refractivity contribution in [3.63, 3.8) is 0 Å². The molecule has 0 amide bonds. The second kappa shape index (κ2) is 7.75. The summed E-state index contributed by atoms with van der Waals surface area (Å²) in [6.45, 7) is -0.634. The highest BCUT2D eigenvalue weighted by molar-refractivity contribution is 5.90. The van der Waals surface area contributed by atoms with Gasteiger partial charge < -0.3 is 10.2 Å². The maximum atomic E-state index is 13.5. The third-order valence-corrected chi connectivity index (χ3v) is 4.94. The summed E-state index contributed by atoms with van der Waals surface area (Å²) in [5, 5.41) is 11.8. The van der Waals surface area contributed by atoms with E-state index in [0.29, 0.717) is 23.1 Å². The van der Waals surface area contributed by atoms with Crippen LogP contribution in [0.15, 0.2) is 58.3 Å². The van der Waals surface area contributed by atoms with Crippen LogP contribution in [0, 0.1) is 5.82 Å². The highest BCUT2D eigenvalue weighted by atomic mass is 19.4. The van der Waals surface area contributed by atoms with Gasteiger partial charge in [-0.25, -0.2) is 28.2 Å². The van der Waals surface area contributed by atoms with Gasteiger partial charge in [-0.05, 0) is 30.3 Å². The van der Waals surface area contributed by atoms with Crippen LogP contribution in [0.3, 0.4) is 0 Å². The van der Waals surface area contributed by atoms with Crippen LogP contribution in [0.5, 0.6) is 0 Å². The molecule has 0 unspecified atom stereocenters. The molecular weight excluding hydrogens is 460 g/mol. The number of fused-ring (bicyclic) bond motifs is 1. The number of hydrogen-bond donors (Lipinski definition) is 1. The zero-order chi connectivity index (χ0) is 24.0. The molecule has 0 spiro atoms. The summed E-state index contributed by atoms with van der Waals surface area (Å²) in [5.74, 6) is -2.08. The van der Waals surface area contributed by atoms with Gasteiger partial charge in [-0.2, -0.15) is 23.4 Å². The number of rotatable bonds is 4. The van der Waals surface area contributed by atoms with Crippen LogP contribution in [0.1, 0.15) is 11.5 Å². The maximum Gasteiger partial charge on any atom is 0.451 e. The van der Waals surface area contributed by atoms with E-state index in [-0.39, 0.29) is 17.3 Å². The number of nitrogens with two attached hydrogens (primary N) is 1. The minimum absolute atomic E-state index is 0.00174. The van der Waals surface area contributed by atoms with Crippen molar-refractivity contribution in [2.75, 3.05) is 5.73 Å².